The summed E-state index contributed by atoms with van der Waals surface area (Å²) in [5.41, 5.74) is 1.14. The summed E-state index contributed by atoms with van der Waals surface area (Å²) in [7, 11) is 1.71. The van der Waals surface area contributed by atoms with Crippen LogP contribution < -0.4 is 9.64 Å². The Labute approximate surface area is 150 Å². The molecule has 140 valence electrons. The molecule has 0 spiro atoms. The standard InChI is InChI=1S/C19H30N2O4/c1-23-19-7-3-2-6-18(19)21-10-8-20(9-11-21)13-16(22)14-24-15-17-5-4-12-25-17/h2-3,6-7,16-17,22H,4-5,8-15H2,1H3/t16-,17+/m0/s1. The van der Waals surface area contributed by atoms with Crippen molar-refractivity contribution in [2.45, 2.75) is 25.0 Å². The van der Waals surface area contributed by atoms with E-state index in [0.29, 0.717) is 19.8 Å². The monoisotopic (exact) mass is 350 g/mol. The van der Waals surface area contributed by atoms with Crippen LogP contribution in [-0.4, -0.2) is 81.9 Å². The second kappa shape index (κ2) is 9.38. The average Bonchev–Trinajstić information content (AvgIpc) is 3.16. The Morgan fingerprint density at radius 2 is 2.04 bits per heavy atom. The van der Waals surface area contributed by atoms with E-state index in [1.54, 1.807) is 7.11 Å². The number of piperazine rings is 1. The highest BCUT2D eigenvalue weighted by Crippen LogP contribution is 2.28. The van der Waals surface area contributed by atoms with Crippen LogP contribution in [0.5, 0.6) is 5.75 Å². The quantitative estimate of drug-likeness (QED) is 0.764. The Balaban J connectivity index is 1.37. The highest BCUT2D eigenvalue weighted by Gasteiger charge is 2.22. The fourth-order valence-corrected chi connectivity index (χ4v) is 3.52. The van der Waals surface area contributed by atoms with Crippen LogP contribution in [0.1, 0.15) is 12.8 Å². The topological polar surface area (TPSA) is 54.4 Å². The number of benzene rings is 1. The molecule has 2 saturated heterocycles. The second-order valence-electron chi connectivity index (χ2n) is 6.79. The first kappa shape index (κ1) is 18.5. The molecule has 0 unspecified atom stereocenters. The van der Waals surface area contributed by atoms with E-state index in [-0.39, 0.29) is 6.10 Å². The number of nitrogens with zero attached hydrogens (tertiary/aromatic N) is 2. The molecule has 1 aromatic rings. The van der Waals surface area contributed by atoms with Crippen LogP contribution in [0.25, 0.3) is 0 Å². The van der Waals surface area contributed by atoms with Gasteiger partial charge < -0.3 is 24.2 Å². The minimum Gasteiger partial charge on any atom is -0.495 e. The number of aliphatic hydroxyl groups excluding tert-OH is 1. The molecule has 2 aliphatic heterocycles. The molecule has 6 heteroatoms. The van der Waals surface area contributed by atoms with Crippen LogP contribution in [0, 0.1) is 0 Å². The number of hydrogen-bond acceptors (Lipinski definition) is 6. The van der Waals surface area contributed by atoms with Gasteiger partial charge in [-0.2, -0.15) is 0 Å². The Hall–Kier alpha value is -1.34. The van der Waals surface area contributed by atoms with E-state index in [1.165, 1.54) is 0 Å². The molecule has 0 aromatic heterocycles. The zero-order chi connectivity index (χ0) is 17.5. The number of β-amino-alcohol motifs (C(OH)–C–C–N with tert-alkyl or cyclic N) is 1. The number of methoxy groups -OCH3 is 1. The van der Waals surface area contributed by atoms with E-state index in [9.17, 15) is 5.11 Å². The van der Waals surface area contributed by atoms with Crippen molar-refractivity contribution in [1.82, 2.24) is 4.90 Å². The number of hydrogen-bond donors (Lipinski definition) is 1. The van der Waals surface area contributed by atoms with Gasteiger partial charge in [-0.3, -0.25) is 4.90 Å². The van der Waals surface area contributed by atoms with Gasteiger partial charge in [-0.25, -0.2) is 0 Å². The van der Waals surface area contributed by atoms with E-state index in [0.717, 1.165) is 57.1 Å². The Kier molecular flexibility index (Phi) is 6.93. The van der Waals surface area contributed by atoms with E-state index in [4.69, 9.17) is 14.2 Å². The minimum atomic E-state index is -0.445. The van der Waals surface area contributed by atoms with Crippen LogP contribution in [0.3, 0.4) is 0 Å². The highest BCUT2D eigenvalue weighted by atomic mass is 16.5. The first-order valence-electron chi connectivity index (χ1n) is 9.24. The molecule has 2 atom stereocenters. The molecule has 0 amide bonds. The number of aliphatic hydroxyl groups is 1. The van der Waals surface area contributed by atoms with E-state index >= 15 is 0 Å². The van der Waals surface area contributed by atoms with Crippen LogP contribution >= 0.6 is 0 Å². The molecule has 0 aliphatic carbocycles. The molecular formula is C19H30N2O4. The van der Waals surface area contributed by atoms with Crippen LogP contribution in [-0.2, 0) is 9.47 Å². The molecule has 2 fully saturated rings. The lowest BCUT2D eigenvalue weighted by atomic mass is 10.2. The molecule has 1 aromatic carbocycles. The number of ether oxygens (including phenoxy) is 3. The molecule has 6 nitrogen and oxygen atoms in total. The molecule has 3 rings (SSSR count). The van der Waals surface area contributed by atoms with Crippen molar-refractivity contribution < 1.29 is 19.3 Å². The lowest BCUT2D eigenvalue weighted by Crippen LogP contribution is -2.49. The minimum absolute atomic E-state index is 0.219. The molecule has 25 heavy (non-hydrogen) atoms. The summed E-state index contributed by atoms with van der Waals surface area (Å²) in [6.45, 7) is 6.21. The lowest BCUT2D eigenvalue weighted by molar-refractivity contribution is -0.0254. The SMILES string of the molecule is COc1ccccc1N1CCN(C[C@H](O)COC[C@H]2CCCO2)CC1. The summed E-state index contributed by atoms with van der Waals surface area (Å²) in [4.78, 5) is 4.64. The maximum Gasteiger partial charge on any atom is 0.142 e. The van der Waals surface area contributed by atoms with Crippen molar-refractivity contribution in [3.05, 3.63) is 24.3 Å². The van der Waals surface area contributed by atoms with Crippen molar-refractivity contribution in [3.8, 4) is 5.75 Å². The third-order valence-corrected chi connectivity index (χ3v) is 4.91. The zero-order valence-corrected chi connectivity index (χ0v) is 15.1. The number of rotatable bonds is 8. The van der Waals surface area contributed by atoms with Crippen LogP contribution in [0.2, 0.25) is 0 Å². The summed E-state index contributed by atoms with van der Waals surface area (Å²) < 4.78 is 16.6. The van der Waals surface area contributed by atoms with Crippen molar-refractivity contribution in [2.24, 2.45) is 0 Å². The number of para-hydroxylation sites is 2. The van der Waals surface area contributed by atoms with Gasteiger partial charge in [-0.1, -0.05) is 12.1 Å². The van der Waals surface area contributed by atoms with Gasteiger partial charge in [-0.15, -0.1) is 0 Å². The largest absolute Gasteiger partial charge is 0.495 e. The van der Waals surface area contributed by atoms with Crippen molar-refractivity contribution in [1.29, 1.82) is 0 Å². The maximum absolute atomic E-state index is 10.2. The molecular weight excluding hydrogens is 320 g/mol. The van der Waals surface area contributed by atoms with Gasteiger partial charge >= 0.3 is 0 Å². The summed E-state index contributed by atoms with van der Waals surface area (Å²) in [5, 5.41) is 10.2. The van der Waals surface area contributed by atoms with Gasteiger partial charge in [0.1, 0.15) is 5.75 Å². The number of anilines is 1. The van der Waals surface area contributed by atoms with Gasteiger partial charge in [0.2, 0.25) is 0 Å². The van der Waals surface area contributed by atoms with E-state index < -0.39 is 6.10 Å². The molecule has 0 saturated carbocycles. The Morgan fingerprint density at radius 3 is 2.76 bits per heavy atom. The van der Waals surface area contributed by atoms with E-state index in [1.807, 2.05) is 18.2 Å². The smallest absolute Gasteiger partial charge is 0.142 e. The average molecular weight is 350 g/mol. The summed E-state index contributed by atoms with van der Waals surface area (Å²) in [5.74, 6) is 0.915. The van der Waals surface area contributed by atoms with Crippen LogP contribution in [0.4, 0.5) is 5.69 Å². The molecule has 2 heterocycles. The first-order valence-corrected chi connectivity index (χ1v) is 9.24. The molecule has 0 radical (unpaired) electrons. The first-order chi connectivity index (χ1) is 12.3. The summed E-state index contributed by atoms with van der Waals surface area (Å²) in [6, 6.07) is 8.13. The van der Waals surface area contributed by atoms with Crippen molar-refractivity contribution in [3.63, 3.8) is 0 Å². The van der Waals surface area contributed by atoms with Gasteiger partial charge in [0.15, 0.2) is 0 Å². The van der Waals surface area contributed by atoms with Gasteiger partial charge in [0.05, 0.1) is 38.2 Å². The third kappa shape index (κ3) is 5.31. The normalized spacial score (nSPS) is 23.0. The third-order valence-electron chi connectivity index (χ3n) is 4.91. The second-order valence-corrected chi connectivity index (χ2v) is 6.79. The fraction of sp³-hybridized carbons (Fsp3) is 0.684. The van der Waals surface area contributed by atoms with E-state index in [2.05, 4.69) is 15.9 Å². The predicted molar refractivity (Wildman–Crippen MR) is 97.4 cm³/mol. The Bertz CT molecular complexity index is 514. The summed E-state index contributed by atoms with van der Waals surface area (Å²) in [6.07, 6.45) is 1.96. The van der Waals surface area contributed by atoms with Gasteiger partial charge in [0, 0.05) is 39.3 Å². The van der Waals surface area contributed by atoms with Crippen molar-refractivity contribution in [2.75, 3.05) is 64.6 Å². The van der Waals surface area contributed by atoms with Crippen LogP contribution in [0.15, 0.2) is 24.3 Å². The van der Waals surface area contributed by atoms with Gasteiger partial charge in [0.25, 0.3) is 0 Å². The Morgan fingerprint density at radius 1 is 1.24 bits per heavy atom. The molecule has 0 bridgehead atoms. The zero-order valence-electron chi connectivity index (χ0n) is 15.1. The maximum atomic E-state index is 10.2. The fourth-order valence-electron chi connectivity index (χ4n) is 3.52. The molecule has 1 N–H and O–H groups in total. The summed E-state index contributed by atoms with van der Waals surface area (Å²) >= 11 is 0. The lowest BCUT2D eigenvalue weighted by Gasteiger charge is -2.37. The predicted octanol–water partition coefficient (Wildman–Crippen LogP) is 1.37. The highest BCUT2D eigenvalue weighted by molar-refractivity contribution is 5.58. The van der Waals surface area contributed by atoms with Gasteiger partial charge in [-0.05, 0) is 25.0 Å². The molecule has 2 aliphatic rings. The van der Waals surface area contributed by atoms with Crippen molar-refractivity contribution >= 4 is 5.69 Å².